The molecule has 1 aromatic heterocycles. The van der Waals surface area contributed by atoms with Crippen LogP contribution in [0.4, 0.5) is 0 Å². The molecule has 128 valence electrons. The molecule has 0 saturated heterocycles. The summed E-state index contributed by atoms with van der Waals surface area (Å²) in [6.45, 7) is 2.79. The molecule has 0 aliphatic carbocycles. The normalized spacial score (nSPS) is 16.2. The minimum Gasteiger partial charge on any atom is -0.493 e. The number of halogens is 1. The number of nitrogens with zero attached hydrogens (tertiary/aromatic N) is 1. The molecule has 2 aromatic rings. The third-order valence-corrected chi connectivity index (χ3v) is 5.48. The lowest BCUT2D eigenvalue weighted by atomic mass is 9.95. The predicted octanol–water partition coefficient (Wildman–Crippen LogP) is 3.02. The Hall–Kier alpha value is -1.79. The second-order valence-electron chi connectivity index (χ2n) is 5.67. The van der Waals surface area contributed by atoms with E-state index >= 15 is 0 Å². The van der Waals surface area contributed by atoms with Gasteiger partial charge in [-0.25, -0.2) is 4.98 Å². The van der Waals surface area contributed by atoms with Crippen LogP contribution in [-0.4, -0.2) is 31.2 Å². The van der Waals surface area contributed by atoms with Crippen LogP contribution >= 0.6 is 22.9 Å². The first kappa shape index (κ1) is 17.0. The molecule has 7 heteroatoms. The second kappa shape index (κ2) is 7.40. The Kier molecular flexibility index (Phi) is 5.26. The first-order chi connectivity index (χ1) is 11.6. The van der Waals surface area contributed by atoms with Gasteiger partial charge in [-0.1, -0.05) is 23.7 Å². The Bertz CT molecular complexity index is 728. The van der Waals surface area contributed by atoms with Crippen LogP contribution in [-0.2, 0) is 17.6 Å². The molecule has 0 unspecified atom stereocenters. The molecule has 1 atom stereocenters. The number of nitrogens with one attached hydrogen (secondary N) is 1. The molecule has 0 spiro atoms. The summed E-state index contributed by atoms with van der Waals surface area (Å²) in [5, 5.41) is 3.90. The van der Waals surface area contributed by atoms with Crippen molar-refractivity contribution in [1.82, 2.24) is 10.3 Å². The van der Waals surface area contributed by atoms with Gasteiger partial charge in [-0.2, -0.15) is 0 Å². The Balaban J connectivity index is 1.54. The Morgan fingerprint density at radius 2 is 2.38 bits per heavy atom. The van der Waals surface area contributed by atoms with Gasteiger partial charge >= 0.3 is 0 Å². The lowest BCUT2D eigenvalue weighted by molar-refractivity contribution is -0.126. The van der Waals surface area contributed by atoms with E-state index in [0.29, 0.717) is 36.1 Å². The molecule has 1 N–H and O–H groups in total. The fourth-order valence-corrected chi connectivity index (χ4v) is 3.79. The number of aromatic nitrogens is 1. The summed E-state index contributed by atoms with van der Waals surface area (Å²) in [4.78, 5) is 16.7. The zero-order chi connectivity index (χ0) is 17.1. The summed E-state index contributed by atoms with van der Waals surface area (Å²) < 4.78 is 11.8. The van der Waals surface area contributed by atoms with E-state index < -0.39 is 0 Å². The zero-order valence-corrected chi connectivity index (χ0v) is 15.2. The van der Waals surface area contributed by atoms with Crippen LogP contribution in [0.2, 0.25) is 4.34 Å². The predicted molar refractivity (Wildman–Crippen MR) is 94.3 cm³/mol. The molecule has 0 saturated carbocycles. The summed E-state index contributed by atoms with van der Waals surface area (Å²) >= 11 is 7.47. The minimum absolute atomic E-state index is 0.00263. The van der Waals surface area contributed by atoms with Gasteiger partial charge in [0.2, 0.25) is 5.91 Å². The van der Waals surface area contributed by atoms with Crippen molar-refractivity contribution in [2.24, 2.45) is 5.92 Å². The number of methoxy groups -OCH3 is 1. The van der Waals surface area contributed by atoms with Crippen molar-refractivity contribution in [1.29, 1.82) is 0 Å². The quantitative estimate of drug-likeness (QED) is 0.883. The number of carbonyl (C=O) groups excluding carboxylic acids is 1. The van der Waals surface area contributed by atoms with Crippen molar-refractivity contribution in [3.05, 3.63) is 38.8 Å². The Morgan fingerprint density at radius 1 is 1.54 bits per heavy atom. The van der Waals surface area contributed by atoms with Crippen molar-refractivity contribution in [2.75, 3.05) is 20.3 Å². The number of hydrogen-bond acceptors (Lipinski definition) is 5. The summed E-state index contributed by atoms with van der Waals surface area (Å²) in [7, 11) is 1.62. The van der Waals surface area contributed by atoms with Gasteiger partial charge in [0.15, 0.2) is 11.5 Å². The van der Waals surface area contributed by atoms with Crippen LogP contribution in [0.1, 0.15) is 16.3 Å². The molecule has 24 heavy (non-hydrogen) atoms. The number of ether oxygens (including phenoxy) is 2. The van der Waals surface area contributed by atoms with E-state index in [1.165, 1.54) is 11.3 Å². The average molecular weight is 367 g/mol. The topological polar surface area (TPSA) is 60.5 Å². The van der Waals surface area contributed by atoms with Crippen molar-refractivity contribution < 1.29 is 14.3 Å². The maximum atomic E-state index is 12.4. The number of thiazole rings is 1. The summed E-state index contributed by atoms with van der Waals surface area (Å²) in [5.74, 6) is 1.27. The van der Waals surface area contributed by atoms with Gasteiger partial charge in [-0.05, 0) is 25.0 Å². The molecule has 1 aromatic carbocycles. The van der Waals surface area contributed by atoms with Crippen LogP contribution < -0.4 is 14.8 Å². The Morgan fingerprint density at radius 3 is 3.08 bits per heavy atom. The van der Waals surface area contributed by atoms with E-state index in [0.717, 1.165) is 22.0 Å². The molecule has 0 bridgehead atoms. The number of rotatable bonds is 5. The van der Waals surface area contributed by atoms with Crippen molar-refractivity contribution in [2.45, 2.75) is 19.8 Å². The largest absolute Gasteiger partial charge is 0.493 e. The monoisotopic (exact) mass is 366 g/mol. The molecule has 1 aliphatic heterocycles. The van der Waals surface area contributed by atoms with E-state index in [4.69, 9.17) is 21.1 Å². The molecule has 2 heterocycles. The molecule has 1 amide bonds. The molecule has 0 fully saturated rings. The number of para-hydroxylation sites is 1. The van der Waals surface area contributed by atoms with Gasteiger partial charge in [0, 0.05) is 13.0 Å². The average Bonchev–Trinajstić information content (AvgIpc) is 2.91. The summed E-state index contributed by atoms with van der Waals surface area (Å²) in [6.07, 6.45) is 1.34. The van der Waals surface area contributed by atoms with Crippen LogP contribution in [0.15, 0.2) is 18.2 Å². The highest BCUT2D eigenvalue weighted by Gasteiger charge is 2.27. The van der Waals surface area contributed by atoms with Gasteiger partial charge in [0.1, 0.15) is 10.9 Å². The zero-order valence-electron chi connectivity index (χ0n) is 13.6. The number of benzene rings is 1. The van der Waals surface area contributed by atoms with Crippen LogP contribution in [0.25, 0.3) is 0 Å². The van der Waals surface area contributed by atoms with E-state index in [9.17, 15) is 4.79 Å². The fraction of sp³-hybridized carbons (Fsp3) is 0.412. The highest BCUT2D eigenvalue weighted by Crippen LogP contribution is 2.36. The summed E-state index contributed by atoms with van der Waals surface area (Å²) in [6, 6.07) is 5.74. The van der Waals surface area contributed by atoms with E-state index in [-0.39, 0.29) is 11.8 Å². The molecular formula is C17H19ClN2O3S. The first-order valence-electron chi connectivity index (χ1n) is 7.76. The van der Waals surface area contributed by atoms with Gasteiger partial charge < -0.3 is 14.8 Å². The summed E-state index contributed by atoms with van der Waals surface area (Å²) in [5.41, 5.74) is 1.84. The van der Waals surface area contributed by atoms with E-state index in [1.54, 1.807) is 7.11 Å². The second-order valence-corrected chi connectivity index (χ2v) is 7.35. The number of aryl methyl sites for hydroxylation is 1. The van der Waals surface area contributed by atoms with E-state index in [2.05, 4.69) is 10.3 Å². The maximum Gasteiger partial charge on any atom is 0.226 e. The highest BCUT2D eigenvalue weighted by atomic mass is 35.5. The van der Waals surface area contributed by atoms with Gasteiger partial charge in [0.25, 0.3) is 0 Å². The lowest BCUT2D eigenvalue weighted by Gasteiger charge is -2.25. The van der Waals surface area contributed by atoms with Crippen molar-refractivity contribution >= 4 is 28.8 Å². The maximum absolute atomic E-state index is 12.4. The molecule has 0 radical (unpaired) electrons. The van der Waals surface area contributed by atoms with Gasteiger partial charge in [-0.15, -0.1) is 11.3 Å². The Labute approximate surface area is 150 Å². The van der Waals surface area contributed by atoms with Gasteiger partial charge in [-0.3, -0.25) is 4.79 Å². The molecule has 3 rings (SSSR count). The number of amides is 1. The van der Waals surface area contributed by atoms with Crippen LogP contribution in [0.5, 0.6) is 11.5 Å². The lowest BCUT2D eigenvalue weighted by Crippen LogP contribution is -2.38. The third-order valence-electron chi connectivity index (χ3n) is 3.97. The number of hydrogen-bond donors (Lipinski definition) is 1. The molecular weight excluding hydrogens is 348 g/mol. The highest BCUT2D eigenvalue weighted by molar-refractivity contribution is 7.16. The van der Waals surface area contributed by atoms with Crippen molar-refractivity contribution in [3.63, 3.8) is 0 Å². The molecule has 1 aliphatic rings. The van der Waals surface area contributed by atoms with E-state index in [1.807, 2.05) is 25.1 Å². The fourth-order valence-electron chi connectivity index (χ4n) is 2.70. The number of carbonyl (C=O) groups is 1. The SMILES string of the molecule is COc1cccc2c1OC[C@@H](C(=O)NCCc1nc(C)c(Cl)s1)C2. The number of fused-ring (bicyclic) bond motifs is 1. The standard InChI is InChI=1S/C17H19ClN2O3S/c1-10-16(18)24-14(20-10)6-7-19-17(21)12-8-11-4-3-5-13(22-2)15(11)23-9-12/h3-5,12H,6-9H2,1-2H3,(H,19,21)/t12-/m0/s1. The van der Waals surface area contributed by atoms with Gasteiger partial charge in [0.05, 0.1) is 23.7 Å². The van der Waals surface area contributed by atoms with Crippen molar-refractivity contribution in [3.8, 4) is 11.5 Å². The van der Waals surface area contributed by atoms with Crippen LogP contribution in [0, 0.1) is 12.8 Å². The smallest absolute Gasteiger partial charge is 0.226 e. The third kappa shape index (κ3) is 3.65. The minimum atomic E-state index is -0.189. The first-order valence-corrected chi connectivity index (χ1v) is 8.96. The van der Waals surface area contributed by atoms with Crippen LogP contribution in [0.3, 0.4) is 0 Å². The molecule has 5 nitrogen and oxygen atoms in total.